The van der Waals surface area contributed by atoms with Crippen LogP contribution in [0, 0.1) is 0 Å². The Kier molecular flexibility index (Phi) is 12.8. The second-order valence-corrected chi connectivity index (χ2v) is 13.7. The number of nitrogens with two attached hydrogens (primary N) is 1. The first-order chi connectivity index (χ1) is 26.1. The van der Waals surface area contributed by atoms with E-state index < -0.39 is 47.0 Å². The van der Waals surface area contributed by atoms with Gasteiger partial charge in [-0.05, 0) is 60.7 Å². The van der Waals surface area contributed by atoms with E-state index in [1.165, 1.54) is 30.3 Å². The molecule has 0 saturated carbocycles. The number of piperidine rings is 2. The molecule has 0 radical (unpaired) electrons. The van der Waals surface area contributed by atoms with Crippen LogP contribution in [0.2, 0.25) is 0 Å². The van der Waals surface area contributed by atoms with Crippen molar-refractivity contribution in [2.45, 2.75) is 62.6 Å². The zero-order chi connectivity index (χ0) is 41.1. The molecule has 4 aromatic rings. The highest BCUT2D eigenvalue weighted by Crippen LogP contribution is 2.39. The Hall–Kier alpha value is -4.62. The van der Waals surface area contributed by atoms with Crippen molar-refractivity contribution in [1.82, 2.24) is 9.97 Å². The van der Waals surface area contributed by atoms with E-state index in [0.717, 1.165) is 42.7 Å². The van der Waals surface area contributed by atoms with Crippen LogP contribution in [0.3, 0.4) is 0 Å². The van der Waals surface area contributed by atoms with Crippen molar-refractivity contribution in [3.63, 3.8) is 0 Å². The molecule has 7 nitrogen and oxygen atoms in total. The molecule has 2 aliphatic rings. The van der Waals surface area contributed by atoms with Crippen LogP contribution in [-0.2, 0) is 24.7 Å². The maximum absolute atomic E-state index is 13.0. The van der Waals surface area contributed by atoms with Gasteiger partial charge in [0.05, 0.1) is 22.3 Å². The highest BCUT2D eigenvalue weighted by atomic mass is 79.9. The number of alkyl halides is 12. The molecule has 20 heteroatoms. The number of hydrogen-bond donors (Lipinski definition) is 1. The molecule has 0 unspecified atom stereocenters. The second-order valence-electron chi connectivity index (χ2n) is 12.8. The topological polar surface area (TPSA) is 76.7 Å². The third kappa shape index (κ3) is 11.2. The van der Waals surface area contributed by atoms with Gasteiger partial charge in [0, 0.05) is 74.4 Å². The van der Waals surface area contributed by atoms with E-state index in [1.807, 2.05) is 9.80 Å². The van der Waals surface area contributed by atoms with Crippen LogP contribution in [-0.4, -0.2) is 48.4 Å². The van der Waals surface area contributed by atoms with Gasteiger partial charge in [-0.15, -0.1) is 0 Å². The zero-order valence-corrected chi connectivity index (χ0v) is 30.4. The minimum Gasteiger partial charge on any atom is -0.490 e. The van der Waals surface area contributed by atoms with Crippen molar-refractivity contribution < 1.29 is 62.2 Å². The molecule has 0 amide bonds. The van der Waals surface area contributed by atoms with E-state index in [4.69, 9.17) is 15.2 Å². The molecule has 0 bridgehead atoms. The molecular formula is C36H32BrF12N5O2. The normalized spacial score (nSPS) is 16.3. The number of rotatable bonds is 6. The molecule has 4 heterocycles. The van der Waals surface area contributed by atoms with Crippen molar-refractivity contribution in [2.75, 3.05) is 41.7 Å². The van der Waals surface area contributed by atoms with E-state index in [9.17, 15) is 52.7 Å². The van der Waals surface area contributed by atoms with Gasteiger partial charge in [0.25, 0.3) is 0 Å². The molecule has 2 saturated heterocycles. The molecule has 2 aromatic carbocycles. The first-order valence-corrected chi connectivity index (χ1v) is 17.6. The van der Waals surface area contributed by atoms with Gasteiger partial charge >= 0.3 is 24.7 Å². The second kappa shape index (κ2) is 16.9. The van der Waals surface area contributed by atoms with E-state index in [2.05, 4.69) is 25.9 Å². The molecule has 2 fully saturated rings. The first kappa shape index (κ1) is 42.5. The van der Waals surface area contributed by atoms with Crippen molar-refractivity contribution in [3.8, 4) is 11.5 Å². The highest BCUT2D eigenvalue weighted by Gasteiger charge is 2.36. The number of benzene rings is 2. The summed E-state index contributed by atoms with van der Waals surface area (Å²) in [5, 5.41) is 0. The van der Waals surface area contributed by atoms with Gasteiger partial charge in [-0.3, -0.25) is 0 Å². The average molecular weight is 875 g/mol. The molecule has 2 aliphatic heterocycles. The van der Waals surface area contributed by atoms with Gasteiger partial charge in [-0.2, -0.15) is 52.7 Å². The average Bonchev–Trinajstić information content (AvgIpc) is 3.13. The third-order valence-electron chi connectivity index (χ3n) is 8.86. The fourth-order valence-corrected chi connectivity index (χ4v) is 6.39. The standard InChI is InChI=1S/C18H15BrF6N2O.C18H17F6N3O/c19-15-3-2-13(9-14(15)18(23,24)25)28-12-5-7-27(8-6-12)16-4-1-11(10-26-16)17(20,21)22;19-17(20,21)11-1-4-16(26-10-11)27-7-5-12(6-8-27)28-13-2-3-15(25)14(9-13)18(22,23)24/h1-4,9-10,12H,5-8H2;1-4,9-10,12H,5-8,25H2. The molecule has 0 atom stereocenters. The summed E-state index contributed by atoms with van der Waals surface area (Å²) in [7, 11) is 0. The molecule has 2 aromatic heterocycles. The smallest absolute Gasteiger partial charge is 0.418 e. The number of ether oxygens (including phenoxy) is 2. The van der Waals surface area contributed by atoms with Crippen LogP contribution in [0.1, 0.15) is 47.9 Å². The van der Waals surface area contributed by atoms with Crippen molar-refractivity contribution in [1.29, 1.82) is 0 Å². The van der Waals surface area contributed by atoms with Crippen molar-refractivity contribution in [2.24, 2.45) is 0 Å². The molecule has 56 heavy (non-hydrogen) atoms. The maximum atomic E-state index is 13.0. The quantitative estimate of drug-likeness (QED) is 0.153. The first-order valence-electron chi connectivity index (χ1n) is 16.8. The molecule has 2 N–H and O–H groups in total. The minimum absolute atomic E-state index is 0.0597. The number of pyridine rings is 2. The van der Waals surface area contributed by atoms with E-state index >= 15 is 0 Å². The SMILES string of the molecule is FC(F)(F)c1ccc(N2CCC(Oc3ccc(Br)c(C(F)(F)F)c3)CC2)nc1.Nc1ccc(OC2CCN(c3ccc(C(F)(F)F)cn3)CC2)cc1C(F)(F)F. The van der Waals surface area contributed by atoms with Gasteiger partial charge < -0.3 is 25.0 Å². The number of aromatic nitrogens is 2. The number of hydrogen-bond acceptors (Lipinski definition) is 7. The summed E-state index contributed by atoms with van der Waals surface area (Å²) in [6, 6.07) is 11.7. The Morgan fingerprint density at radius 3 is 1.29 bits per heavy atom. The summed E-state index contributed by atoms with van der Waals surface area (Å²) in [6.45, 7) is 1.88. The van der Waals surface area contributed by atoms with Gasteiger partial charge in [0.2, 0.25) is 0 Å². The predicted molar refractivity (Wildman–Crippen MR) is 185 cm³/mol. The Morgan fingerprint density at radius 1 is 0.536 bits per heavy atom. The largest absolute Gasteiger partial charge is 0.490 e. The minimum atomic E-state index is -4.57. The summed E-state index contributed by atoms with van der Waals surface area (Å²) >= 11 is 2.88. The Labute approximate surface area is 320 Å². The Bertz CT molecular complexity index is 1770. The molecule has 0 spiro atoms. The van der Waals surface area contributed by atoms with Crippen LogP contribution < -0.4 is 25.0 Å². The molecule has 0 aliphatic carbocycles. The summed E-state index contributed by atoms with van der Waals surface area (Å²) in [4.78, 5) is 11.3. The highest BCUT2D eigenvalue weighted by molar-refractivity contribution is 9.10. The van der Waals surface area contributed by atoms with Gasteiger partial charge in [-0.1, -0.05) is 15.9 Å². The molecule has 304 valence electrons. The number of halogens is 13. The van der Waals surface area contributed by atoms with Crippen molar-refractivity contribution in [3.05, 3.63) is 99.8 Å². The van der Waals surface area contributed by atoms with Crippen molar-refractivity contribution >= 4 is 33.3 Å². The summed E-state index contributed by atoms with van der Waals surface area (Å²) in [5.74, 6) is 1.04. The lowest BCUT2D eigenvalue weighted by Gasteiger charge is -2.33. The number of nitrogen functional groups attached to an aromatic ring is 1. The lowest BCUT2D eigenvalue weighted by atomic mass is 10.1. The fourth-order valence-electron chi connectivity index (χ4n) is 5.92. The van der Waals surface area contributed by atoms with Crippen LogP contribution >= 0.6 is 15.9 Å². The fraction of sp³-hybridized carbons (Fsp3) is 0.389. The van der Waals surface area contributed by atoms with Crippen LogP contribution in [0.25, 0.3) is 0 Å². The Morgan fingerprint density at radius 2 is 0.929 bits per heavy atom. The lowest BCUT2D eigenvalue weighted by molar-refractivity contribution is -0.139. The molecule has 6 rings (SSSR count). The number of anilines is 3. The van der Waals surface area contributed by atoms with E-state index in [0.29, 0.717) is 63.5 Å². The van der Waals surface area contributed by atoms with E-state index in [-0.39, 0.29) is 33.9 Å². The molecular weight excluding hydrogens is 842 g/mol. The van der Waals surface area contributed by atoms with E-state index in [1.54, 1.807) is 0 Å². The van der Waals surface area contributed by atoms with Crippen LogP contribution in [0.5, 0.6) is 11.5 Å². The van der Waals surface area contributed by atoms with Crippen LogP contribution in [0.15, 0.2) is 77.5 Å². The Balaban J connectivity index is 0.000000214. The summed E-state index contributed by atoms with van der Waals surface area (Å²) < 4.78 is 165. The van der Waals surface area contributed by atoms with Gasteiger partial charge in [0.1, 0.15) is 35.3 Å². The zero-order valence-electron chi connectivity index (χ0n) is 28.8. The predicted octanol–water partition coefficient (Wildman–Crippen LogP) is 10.7. The third-order valence-corrected chi connectivity index (χ3v) is 9.55. The van der Waals surface area contributed by atoms with Gasteiger partial charge in [-0.25, -0.2) is 9.97 Å². The summed E-state index contributed by atoms with van der Waals surface area (Å²) in [6.07, 6.45) is -14.9. The monoisotopic (exact) mass is 873 g/mol. The maximum Gasteiger partial charge on any atom is 0.418 e. The lowest BCUT2D eigenvalue weighted by Crippen LogP contribution is -2.38. The van der Waals surface area contributed by atoms with Crippen LogP contribution in [0.4, 0.5) is 70.0 Å². The number of nitrogens with zero attached hydrogens (tertiary/aromatic N) is 4. The summed E-state index contributed by atoms with van der Waals surface area (Å²) in [5.41, 5.74) is 1.60. The van der Waals surface area contributed by atoms with Gasteiger partial charge in [0.15, 0.2) is 0 Å².